The van der Waals surface area contributed by atoms with E-state index in [1.165, 1.54) is 7.11 Å². The minimum atomic E-state index is -0.637. The maximum atomic E-state index is 11.9. The standard InChI is InChI=1S/C20H18N2O3/c1-12-10-16(15-6-4-5-7-18(15)21-12)13(2)14-8-9-19(25-3)17(11-14)20(23)22-24/h4-11,24H,2H2,1,3H3,(H,22,23). The average molecular weight is 334 g/mol. The number of methoxy groups -OCH3 is 1. The molecule has 0 aliphatic carbocycles. The lowest BCUT2D eigenvalue weighted by atomic mass is 9.94. The number of aryl methyl sites for hydroxylation is 1. The molecule has 126 valence electrons. The number of hydrogen-bond donors (Lipinski definition) is 2. The summed E-state index contributed by atoms with van der Waals surface area (Å²) in [6.45, 7) is 6.14. The highest BCUT2D eigenvalue weighted by Crippen LogP contribution is 2.31. The van der Waals surface area contributed by atoms with E-state index in [2.05, 4.69) is 11.6 Å². The summed E-state index contributed by atoms with van der Waals surface area (Å²) in [7, 11) is 1.47. The summed E-state index contributed by atoms with van der Waals surface area (Å²) < 4.78 is 5.19. The lowest BCUT2D eigenvalue weighted by molar-refractivity contribution is 0.0703. The van der Waals surface area contributed by atoms with Crippen LogP contribution in [0.25, 0.3) is 16.5 Å². The highest BCUT2D eigenvalue weighted by molar-refractivity contribution is 5.99. The first kappa shape index (κ1) is 16.7. The zero-order chi connectivity index (χ0) is 18.0. The van der Waals surface area contributed by atoms with Gasteiger partial charge in [0.05, 0.1) is 18.2 Å². The molecule has 0 saturated carbocycles. The van der Waals surface area contributed by atoms with Crippen molar-refractivity contribution in [2.45, 2.75) is 6.92 Å². The molecule has 1 amide bonds. The molecule has 1 heterocycles. The predicted molar refractivity (Wildman–Crippen MR) is 96.9 cm³/mol. The van der Waals surface area contributed by atoms with Gasteiger partial charge in [-0.15, -0.1) is 0 Å². The molecule has 0 atom stereocenters. The van der Waals surface area contributed by atoms with Crippen molar-refractivity contribution in [3.05, 3.63) is 77.5 Å². The van der Waals surface area contributed by atoms with Gasteiger partial charge in [0.1, 0.15) is 5.75 Å². The molecule has 3 rings (SSSR count). The van der Waals surface area contributed by atoms with Gasteiger partial charge >= 0.3 is 0 Å². The third kappa shape index (κ3) is 3.09. The molecule has 2 N–H and O–H groups in total. The number of nitrogens with one attached hydrogen (secondary N) is 1. The zero-order valence-corrected chi connectivity index (χ0v) is 14.0. The number of amides is 1. The topological polar surface area (TPSA) is 71.5 Å². The van der Waals surface area contributed by atoms with Crippen LogP contribution in [0, 0.1) is 6.92 Å². The van der Waals surface area contributed by atoms with Gasteiger partial charge in [0.2, 0.25) is 0 Å². The number of carbonyl (C=O) groups is 1. The van der Waals surface area contributed by atoms with Crippen LogP contribution in [0.1, 0.15) is 27.2 Å². The Kier molecular flexibility index (Phi) is 4.50. The minimum absolute atomic E-state index is 0.235. The number of nitrogens with zero attached hydrogens (tertiary/aromatic N) is 1. The fourth-order valence-corrected chi connectivity index (χ4v) is 2.85. The van der Waals surface area contributed by atoms with Crippen molar-refractivity contribution < 1.29 is 14.7 Å². The second kappa shape index (κ2) is 6.75. The number of rotatable bonds is 4. The van der Waals surface area contributed by atoms with Gasteiger partial charge in [-0.3, -0.25) is 15.0 Å². The number of pyridine rings is 1. The van der Waals surface area contributed by atoms with Crippen molar-refractivity contribution in [1.29, 1.82) is 0 Å². The van der Waals surface area contributed by atoms with Crippen molar-refractivity contribution >= 4 is 22.4 Å². The monoisotopic (exact) mass is 334 g/mol. The molecule has 0 fully saturated rings. The molecule has 1 aromatic heterocycles. The second-order valence-corrected chi connectivity index (χ2v) is 5.66. The Hall–Kier alpha value is -3.18. The van der Waals surface area contributed by atoms with Gasteiger partial charge in [-0.25, -0.2) is 5.48 Å². The van der Waals surface area contributed by atoms with Gasteiger partial charge in [0.25, 0.3) is 5.91 Å². The number of hydroxylamine groups is 1. The lowest BCUT2D eigenvalue weighted by Crippen LogP contribution is -2.19. The molecule has 0 bridgehead atoms. The van der Waals surface area contributed by atoms with E-state index in [9.17, 15) is 4.79 Å². The molecule has 0 aliphatic rings. The smallest absolute Gasteiger partial charge is 0.278 e. The Balaban J connectivity index is 2.15. The normalized spacial score (nSPS) is 10.5. The van der Waals surface area contributed by atoms with E-state index in [-0.39, 0.29) is 5.56 Å². The number of para-hydroxylation sites is 1. The summed E-state index contributed by atoms with van der Waals surface area (Å²) in [5.74, 6) is -0.263. The maximum absolute atomic E-state index is 11.9. The Morgan fingerprint density at radius 2 is 1.92 bits per heavy atom. The third-order valence-electron chi connectivity index (χ3n) is 4.06. The Bertz CT molecular complexity index is 980. The average Bonchev–Trinajstić information content (AvgIpc) is 2.65. The largest absolute Gasteiger partial charge is 0.496 e. The van der Waals surface area contributed by atoms with Crippen LogP contribution in [0.4, 0.5) is 0 Å². The highest BCUT2D eigenvalue weighted by Gasteiger charge is 2.15. The Labute approximate surface area is 145 Å². The van der Waals surface area contributed by atoms with E-state index in [0.717, 1.165) is 33.3 Å². The summed E-state index contributed by atoms with van der Waals surface area (Å²) >= 11 is 0. The maximum Gasteiger partial charge on any atom is 0.278 e. The van der Waals surface area contributed by atoms with E-state index in [4.69, 9.17) is 9.94 Å². The van der Waals surface area contributed by atoms with Crippen LogP contribution < -0.4 is 10.2 Å². The molecule has 3 aromatic rings. The number of hydrogen-bond acceptors (Lipinski definition) is 4. The fraction of sp³-hybridized carbons (Fsp3) is 0.100. The number of ether oxygens (including phenoxy) is 1. The quantitative estimate of drug-likeness (QED) is 0.563. The summed E-state index contributed by atoms with van der Waals surface area (Å²) in [5.41, 5.74) is 6.12. The number of benzene rings is 2. The van der Waals surface area contributed by atoms with Gasteiger partial charge in [-0.05, 0) is 47.9 Å². The summed E-state index contributed by atoms with van der Waals surface area (Å²) in [6, 6.07) is 15.0. The third-order valence-corrected chi connectivity index (χ3v) is 4.06. The van der Waals surface area contributed by atoms with Gasteiger partial charge in [0, 0.05) is 11.1 Å². The summed E-state index contributed by atoms with van der Waals surface area (Å²) in [5, 5.41) is 9.93. The van der Waals surface area contributed by atoms with Crippen molar-refractivity contribution in [1.82, 2.24) is 10.5 Å². The Morgan fingerprint density at radius 3 is 2.64 bits per heavy atom. The summed E-state index contributed by atoms with van der Waals surface area (Å²) in [6.07, 6.45) is 0. The van der Waals surface area contributed by atoms with Gasteiger partial charge in [0.15, 0.2) is 0 Å². The molecule has 0 aliphatic heterocycles. The molecule has 0 unspecified atom stereocenters. The molecule has 5 heteroatoms. The van der Waals surface area contributed by atoms with E-state index in [0.29, 0.717) is 5.75 Å². The number of fused-ring (bicyclic) bond motifs is 1. The zero-order valence-electron chi connectivity index (χ0n) is 14.0. The molecule has 0 saturated heterocycles. The van der Waals surface area contributed by atoms with E-state index in [1.807, 2.05) is 43.3 Å². The fourth-order valence-electron chi connectivity index (χ4n) is 2.85. The van der Waals surface area contributed by atoms with Crippen LogP contribution in [0.15, 0.2) is 55.1 Å². The van der Waals surface area contributed by atoms with Crippen LogP contribution in [0.5, 0.6) is 5.75 Å². The van der Waals surface area contributed by atoms with Crippen LogP contribution in [0.2, 0.25) is 0 Å². The van der Waals surface area contributed by atoms with Crippen LogP contribution in [-0.2, 0) is 0 Å². The first-order valence-corrected chi connectivity index (χ1v) is 7.73. The minimum Gasteiger partial charge on any atom is -0.496 e. The van der Waals surface area contributed by atoms with Crippen LogP contribution in [-0.4, -0.2) is 23.2 Å². The first-order valence-electron chi connectivity index (χ1n) is 7.73. The first-order chi connectivity index (χ1) is 12.0. The molecule has 25 heavy (non-hydrogen) atoms. The molecule has 5 nitrogen and oxygen atoms in total. The van der Waals surface area contributed by atoms with E-state index < -0.39 is 5.91 Å². The summed E-state index contributed by atoms with van der Waals surface area (Å²) in [4.78, 5) is 16.4. The molecular weight excluding hydrogens is 316 g/mol. The van der Waals surface area contributed by atoms with Gasteiger partial charge in [-0.1, -0.05) is 30.8 Å². The second-order valence-electron chi connectivity index (χ2n) is 5.66. The van der Waals surface area contributed by atoms with E-state index in [1.54, 1.807) is 17.6 Å². The predicted octanol–water partition coefficient (Wildman–Crippen LogP) is 3.73. The van der Waals surface area contributed by atoms with Crippen molar-refractivity contribution in [3.63, 3.8) is 0 Å². The van der Waals surface area contributed by atoms with Gasteiger partial charge < -0.3 is 4.74 Å². The van der Waals surface area contributed by atoms with Crippen LogP contribution >= 0.6 is 0 Å². The number of aromatic nitrogens is 1. The SMILES string of the molecule is C=C(c1ccc(OC)c(C(=O)NO)c1)c1cc(C)nc2ccccc12. The lowest BCUT2D eigenvalue weighted by Gasteiger charge is -2.13. The van der Waals surface area contributed by atoms with Crippen molar-refractivity contribution in [3.8, 4) is 5.75 Å². The molecule has 0 radical (unpaired) electrons. The van der Waals surface area contributed by atoms with E-state index >= 15 is 0 Å². The molecule has 2 aromatic carbocycles. The molecule has 0 spiro atoms. The van der Waals surface area contributed by atoms with Gasteiger partial charge in [-0.2, -0.15) is 0 Å². The van der Waals surface area contributed by atoms with Crippen LogP contribution in [0.3, 0.4) is 0 Å². The number of carbonyl (C=O) groups excluding carboxylic acids is 1. The van der Waals surface area contributed by atoms with Crippen molar-refractivity contribution in [2.24, 2.45) is 0 Å². The van der Waals surface area contributed by atoms with Crippen molar-refractivity contribution in [2.75, 3.05) is 7.11 Å². The highest BCUT2D eigenvalue weighted by atomic mass is 16.5. The Morgan fingerprint density at radius 1 is 1.16 bits per heavy atom. The molecular formula is C20H18N2O3.